The molecule has 0 aliphatic carbocycles. The molecule has 0 amide bonds. The maximum atomic E-state index is 5.51. The summed E-state index contributed by atoms with van der Waals surface area (Å²) in [6.07, 6.45) is 5.11. The Morgan fingerprint density at radius 2 is 2.00 bits per heavy atom. The molecule has 0 aromatic carbocycles. The Kier molecular flexibility index (Phi) is 3.02. The highest BCUT2D eigenvalue weighted by atomic mass is 16.5. The first-order valence-electron chi connectivity index (χ1n) is 7.62. The van der Waals surface area contributed by atoms with Gasteiger partial charge in [0.25, 0.3) is 0 Å². The molecule has 0 aliphatic heterocycles. The zero-order chi connectivity index (χ0) is 16.9. The van der Waals surface area contributed by atoms with Gasteiger partial charge in [0.2, 0.25) is 11.7 Å². The lowest BCUT2D eigenvalue weighted by Crippen LogP contribution is -2.19. The lowest BCUT2D eigenvalue weighted by molar-refractivity contribution is 0.330. The van der Waals surface area contributed by atoms with E-state index in [1.54, 1.807) is 23.2 Å². The van der Waals surface area contributed by atoms with Gasteiger partial charge in [0.05, 0.1) is 23.5 Å². The van der Waals surface area contributed by atoms with Crippen LogP contribution in [0.2, 0.25) is 0 Å². The van der Waals surface area contributed by atoms with Crippen molar-refractivity contribution in [3.63, 3.8) is 0 Å². The number of H-pyrrole nitrogens is 1. The van der Waals surface area contributed by atoms with Gasteiger partial charge in [-0.2, -0.15) is 10.1 Å². The first-order valence-corrected chi connectivity index (χ1v) is 7.62. The van der Waals surface area contributed by atoms with Gasteiger partial charge in [-0.05, 0) is 33.8 Å². The molecule has 4 aromatic heterocycles. The topological polar surface area (TPSA) is 97.8 Å². The Labute approximate surface area is 138 Å². The van der Waals surface area contributed by atoms with E-state index in [0.29, 0.717) is 11.7 Å². The average molecular weight is 323 g/mol. The number of hydrogen-bond acceptors (Lipinski definition) is 6. The van der Waals surface area contributed by atoms with Crippen molar-refractivity contribution in [2.45, 2.75) is 33.1 Å². The molecule has 0 atom stereocenters. The highest BCUT2D eigenvalue weighted by Crippen LogP contribution is 2.30. The normalized spacial score (nSPS) is 12.2. The van der Waals surface area contributed by atoms with E-state index in [1.165, 1.54) is 0 Å². The summed E-state index contributed by atoms with van der Waals surface area (Å²) in [5, 5.41) is 8.50. The monoisotopic (exact) mass is 323 g/mol. The second-order valence-electron chi connectivity index (χ2n) is 6.35. The number of aromatic amines is 1. The van der Waals surface area contributed by atoms with E-state index in [0.717, 1.165) is 28.3 Å². The largest absolute Gasteiger partial charge is 0.348 e. The summed E-state index contributed by atoms with van der Waals surface area (Å²) in [5.41, 5.74) is 3.83. The van der Waals surface area contributed by atoms with Crippen LogP contribution in [0.25, 0.3) is 17.0 Å². The second kappa shape index (κ2) is 4.98. The summed E-state index contributed by atoms with van der Waals surface area (Å²) in [5.74, 6) is 0.982. The molecule has 0 spiro atoms. The third kappa shape index (κ3) is 2.10. The van der Waals surface area contributed by atoms with Gasteiger partial charge in [-0.3, -0.25) is 0 Å². The fourth-order valence-corrected chi connectivity index (χ4v) is 2.73. The van der Waals surface area contributed by atoms with Crippen LogP contribution in [0.5, 0.6) is 0 Å². The summed E-state index contributed by atoms with van der Waals surface area (Å²) in [6, 6.07) is 1.98. The van der Waals surface area contributed by atoms with Crippen molar-refractivity contribution in [3.05, 3.63) is 47.8 Å². The minimum Gasteiger partial charge on any atom is -0.348 e. The van der Waals surface area contributed by atoms with E-state index < -0.39 is 5.41 Å². The maximum Gasteiger partial charge on any atom is 0.238 e. The van der Waals surface area contributed by atoms with Crippen LogP contribution in [0.1, 0.15) is 36.8 Å². The van der Waals surface area contributed by atoms with Crippen LogP contribution in [0.4, 0.5) is 0 Å². The highest BCUT2D eigenvalue weighted by Gasteiger charge is 2.32. The number of aromatic nitrogens is 7. The smallest absolute Gasteiger partial charge is 0.238 e. The first-order chi connectivity index (χ1) is 11.5. The van der Waals surface area contributed by atoms with Crippen LogP contribution < -0.4 is 0 Å². The van der Waals surface area contributed by atoms with Gasteiger partial charge in [-0.25, -0.2) is 14.5 Å². The van der Waals surface area contributed by atoms with E-state index in [4.69, 9.17) is 4.52 Å². The summed E-state index contributed by atoms with van der Waals surface area (Å²) in [6.45, 7) is 7.94. The third-order valence-electron chi connectivity index (χ3n) is 4.15. The SMILES string of the molecule is Cc1cc(C)n2ncc(-c3noc(C(C)(C)c4cnc[nH]4)n3)c2n1. The summed E-state index contributed by atoms with van der Waals surface area (Å²) in [4.78, 5) is 16.3. The van der Waals surface area contributed by atoms with Crippen molar-refractivity contribution in [1.82, 2.24) is 34.7 Å². The molecule has 0 bridgehead atoms. The molecular formula is C16H17N7O. The standard InChI is InChI=1S/C16H17N7O/c1-9-5-10(2)23-14(20-9)11(6-19-23)13-21-15(24-22-13)16(3,4)12-7-17-8-18-12/h5-8H,1-4H3,(H,17,18). The minimum atomic E-state index is -0.468. The number of aryl methyl sites for hydroxylation is 2. The van der Waals surface area contributed by atoms with E-state index in [2.05, 4.69) is 30.2 Å². The molecule has 8 nitrogen and oxygen atoms in total. The number of nitrogens with one attached hydrogen (secondary N) is 1. The van der Waals surface area contributed by atoms with Crippen molar-refractivity contribution in [2.24, 2.45) is 0 Å². The Bertz CT molecular complexity index is 1010. The van der Waals surface area contributed by atoms with Crippen molar-refractivity contribution < 1.29 is 4.52 Å². The van der Waals surface area contributed by atoms with Gasteiger partial charge in [-0.1, -0.05) is 5.16 Å². The molecule has 24 heavy (non-hydrogen) atoms. The Morgan fingerprint density at radius 3 is 2.75 bits per heavy atom. The fourth-order valence-electron chi connectivity index (χ4n) is 2.73. The zero-order valence-electron chi connectivity index (χ0n) is 13.9. The molecule has 4 aromatic rings. The predicted molar refractivity (Wildman–Crippen MR) is 86.5 cm³/mol. The molecule has 8 heteroatoms. The maximum absolute atomic E-state index is 5.51. The van der Waals surface area contributed by atoms with Crippen molar-refractivity contribution in [1.29, 1.82) is 0 Å². The Balaban J connectivity index is 1.81. The van der Waals surface area contributed by atoms with Crippen LogP contribution in [0, 0.1) is 13.8 Å². The fraction of sp³-hybridized carbons (Fsp3) is 0.312. The summed E-state index contributed by atoms with van der Waals surface area (Å²) >= 11 is 0. The number of rotatable bonds is 3. The molecule has 0 fully saturated rings. The van der Waals surface area contributed by atoms with E-state index >= 15 is 0 Å². The summed E-state index contributed by atoms with van der Waals surface area (Å²) in [7, 11) is 0. The van der Waals surface area contributed by atoms with Gasteiger partial charge in [-0.15, -0.1) is 0 Å². The molecular weight excluding hydrogens is 306 g/mol. The Morgan fingerprint density at radius 1 is 1.17 bits per heavy atom. The number of hydrogen-bond donors (Lipinski definition) is 1. The van der Waals surface area contributed by atoms with Crippen molar-refractivity contribution in [3.8, 4) is 11.4 Å². The van der Waals surface area contributed by atoms with Gasteiger partial charge >= 0.3 is 0 Å². The molecule has 4 heterocycles. The van der Waals surface area contributed by atoms with Gasteiger partial charge < -0.3 is 9.51 Å². The summed E-state index contributed by atoms with van der Waals surface area (Å²) < 4.78 is 7.29. The Hall–Kier alpha value is -3.03. The van der Waals surface area contributed by atoms with Gasteiger partial charge in [0.1, 0.15) is 0 Å². The number of nitrogens with zero attached hydrogens (tertiary/aromatic N) is 6. The van der Waals surface area contributed by atoms with Gasteiger partial charge in [0.15, 0.2) is 5.65 Å². The van der Waals surface area contributed by atoms with Crippen molar-refractivity contribution in [2.75, 3.05) is 0 Å². The molecule has 4 rings (SSSR count). The van der Waals surface area contributed by atoms with Gasteiger partial charge in [0, 0.05) is 23.3 Å². The highest BCUT2D eigenvalue weighted by molar-refractivity contribution is 5.72. The number of imidazole rings is 1. The zero-order valence-corrected chi connectivity index (χ0v) is 13.9. The second-order valence-corrected chi connectivity index (χ2v) is 6.35. The van der Waals surface area contributed by atoms with Crippen LogP contribution in [0.15, 0.2) is 29.3 Å². The average Bonchev–Trinajstić information content (AvgIpc) is 3.27. The minimum absolute atomic E-state index is 0.468. The lowest BCUT2D eigenvalue weighted by atomic mass is 9.90. The van der Waals surface area contributed by atoms with E-state index in [9.17, 15) is 0 Å². The first kappa shape index (κ1) is 14.6. The molecule has 122 valence electrons. The van der Waals surface area contributed by atoms with Crippen LogP contribution in [0.3, 0.4) is 0 Å². The predicted octanol–water partition coefficient (Wildman–Crippen LogP) is 2.45. The molecule has 0 radical (unpaired) electrons. The van der Waals surface area contributed by atoms with Crippen LogP contribution >= 0.6 is 0 Å². The van der Waals surface area contributed by atoms with Crippen LogP contribution in [-0.2, 0) is 5.41 Å². The van der Waals surface area contributed by atoms with Crippen molar-refractivity contribution >= 4 is 5.65 Å². The number of fused-ring (bicyclic) bond motifs is 1. The lowest BCUT2D eigenvalue weighted by Gasteiger charge is -2.17. The third-order valence-corrected chi connectivity index (χ3v) is 4.15. The molecule has 1 N–H and O–H groups in total. The van der Waals surface area contributed by atoms with E-state index in [-0.39, 0.29) is 0 Å². The van der Waals surface area contributed by atoms with Crippen LogP contribution in [-0.4, -0.2) is 34.7 Å². The quantitative estimate of drug-likeness (QED) is 0.622. The molecule has 0 saturated carbocycles. The molecule has 0 unspecified atom stereocenters. The van der Waals surface area contributed by atoms with E-state index in [1.807, 2.05) is 33.8 Å². The molecule has 0 aliphatic rings. The molecule has 0 saturated heterocycles.